The van der Waals surface area contributed by atoms with Crippen LogP contribution < -0.4 is 10.6 Å². The van der Waals surface area contributed by atoms with Crippen LogP contribution in [0.3, 0.4) is 0 Å². The molecule has 0 spiro atoms. The second-order valence-corrected chi connectivity index (χ2v) is 5.21. The number of aliphatic carboxylic acids is 1. The number of carbonyl (C=O) groups is 3. The predicted molar refractivity (Wildman–Crippen MR) is 73.1 cm³/mol. The van der Waals surface area contributed by atoms with E-state index in [9.17, 15) is 14.4 Å². The third-order valence-electron chi connectivity index (χ3n) is 3.53. The first-order valence-electron chi connectivity index (χ1n) is 6.86. The number of amides is 2. The number of nitrogens with zero attached hydrogens (tertiary/aromatic N) is 1. The van der Waals surface area contributed by atoms with E-state index >= 15 is 0 Å². The third kappa shape index (κ3) is 4.80. The first kappa shape index (κ1) is 16.4. The molecular formula is C13H23N3O4. The van der Waals surface area contributed by atoms with E-state index in [1.54, 1.807) is 6.92 Å². The molecule has 0 saturated heterocycles. The minimum absolute atomic E-state index is 0.0319. The SMILES string of the molecule is CCN(CC(=O)O)C1CC(NC(=O)C(C)NC(C)=O)C1. The van der Waals surface area contributed by atoms with E-state index < -0.39 is 12.0 Å². The molecular weight excluding hydrogens is 262 g/mol. The van der Waals surface area contributed by atoms with E-state index in [4.69, 9.17) is 5.11 Å². The van der Waals surface area contributed by atoms with Crippen LogP contribution in [-0.4, -0.2) is 59.0 Å². The molecule has 3 N–H and O–H groups in total. The molecule has 0 bridgehead atoms. The Bertz CT molecular complexity index is 380. The molecule has 7 nitrogen and oxygen atoms in total. The Morgan fingerprint density at radius 1 is 1.35 bits per heavy atom. The molecule has 0 radical (unpaired) electrons. The first-order valence-corrected chi connectivity index (χ1v) is 6.86. The Morgan fingerprint density at radius 3 is 2.40 bits per heavy atom. The largest absolute Gasteiger partial charge is 0.480 e. The van der Waals surface area contributed by atoms with Gasteiger partial charge in [-0.25, -0.2) is 0 Å². The fourth-order valence-corrected chi connectivity index (χ4v) is 2.37. The molecule has 0 aliphatic heterocycles. The zero-order chi connectivity index (χ0) is 15.3. The number of nitrogens with one attached hydrogen (secondary N) is 2. The second kappa shape index (κ2) is 7.23. The molecule has 1 atom stereocenters. The maximum Gasteiger partial charge on any atom is 0.317 e. The van der Waals surface area contributed by atoms with Crippen LogP contribution in [0.15, 0.2) is 0 Å². The van der Waals surface area contributed by atoms with Gasteiger partial charge in [0.05, 0.1) is 6.54 Å². The molecule has 114 valence electrons. The summed E-state index contributed by atoms with van der Waals surface area (Å²) in [4.78, 5) is 35.2. The lowest BCUT2D eigenvalue weighted by molar-refractivity contribution is -0.139. The van der Waals surface area contributed by atoms with Crippen molar-refractivity contribution in [1.82, 2.24) is 15.5 Å². The number of rotatable bonds is 7. The van der Waals surface area contributed by atoms with Crippen molar-refractivity contribution in [2.24, 2.45) is 0 Å². The quantitative estimate of drug-likeness (QED) is 0.589. The molecule has 1 fully saturated rings. The van der Waals surface area contributed by atoms with Crippen LogP contribution in [0.5, 0.6) is 0 Å². The summed E-state index contributed by atoms with van der Waals surface area (Å²) in [6.07, 6.45) is 1.50. The molecule has 1 rings (SSSR count). The van der Waals surface area contributed by atoms with Crippen LogP contribution >= 0.6 is 0 Å². The molecule has 0 heterocycles. The summed E-state index contributed by atoms with van der Waals surface area (Å²) in [5.41, 5.74) is 0. The van der Waals surface area contributed by atoms with Gasteiger partial charge in [0.25, 0.3) is 0 Å². The minimum atomic E-state index is -0.835. The maximum atomic E-state index is 11.8. The smallest absolute Gasteiger partial charge is 0.317 e. The zero-order valence-electron chi connectivity index (χ0n) is 12.2. The second-order valence-electron chi connectivity index (χ2n) is 5.21. The molecule has 2 amide bonds. The van der Waals surface area contributed by atoms with Gasteiger partial charge < -0.3 is 15.7 Å². The van der Waals surface area contributed by atoms with Gasteiger partial charge >= 0.3 is 5.97 Å². The van der Waals surface area contributed by atoms with Gasteiger partial charge in [0.15, 0.2) is 0 Å². The number of hydrogen-bond acceptors (Lipinski definition) is 4. The monoisotopic (exact) mass is 285 g/mol. The van der Waals surface area contributed by atoms with Crippen molar-refractivity contribution in [3.05, 3.63) is 0 Å². The zero-order valence-corrected chi connectivity index (χ0v) is 12.2. The van der Waals surface area contributed by atoms with Crippen molar-refractivity contribution in [2.45, 2.75) is 51.7 Å². The average molecular weight is 285 g/mol. The van der Waals surface area contributed by atoms with Gasteiger partial charge in [-0.05, 0) is 26.3 Å². The summed E-state index contributed by atoms with van der Waals surface area (Å²) >= 11 is 0. The Kier molecular flexibility index (Phi) is 5.94. The van der Waals surface area contributed by atoms with Gasteiger partial charge in [0.2, 0.25) is 11.8 Å². The van der Waals surface area contributed by atoms with E-state index in [0.717, 1.165) is 12.8 Å². The number of carboxylic acids is 1. The predicted octanol–water partition coefficient (Wildman–Crippen LogP) is -0.435. The molecule has 1 unspecified atom stereocenters. The van der Waals surface area contributed by atoms with Crippen molar-refractivity contribution in [3.8, 4) is 0 Å². The van der Waals surface area contributed by atoms with Crippen LogP contribution in [0.25, 0.3) is 0 Å². The molecule has 0 aromatic heterocycles. The highest BCUT2D eigenvalue weighted by Crippen LogP contribution is 2.25. The van der Waals surface area contributed by atoms with Gasteiger partial charge in [0.1, 0.15) is 6.04 Å². The highest BCUT2D eigenvalue weighted by molar-refractivity contribution is 5.86. The van der Waals surface area contributed by atoms with E-state index in [0.29, 0.717) is 6.54 Å². The number of likely N-dealkylation sites (N-methyl/N-ethyl adjacent to an activating group) is 1. The Morgan fingerprint density at radius 2 is 1.95 bits per heavy atom. The highest BCUT2D eigenvalue weighted by Gasteiger charge is 2.35. The Hall–Kier alpha value is -1.63. The van der Waals surface area contributed by atoms with Crippen LogP contribution in [-0.2, 0) is 14.4 Å². The first-order chi connectivity index (χ1) is 9.33. The van der Waals surface area contributed by atoms with Crippen LogP contribution in [0, 0.1) is 0 Å². The van der Waals surface area contributed by atoms with E-state index in [-0.39, 0.29) is 30.4 Å². The van der Waals surface area contributed by atoms with Crippen molar-refractivity contribution in [1.29, 1.82) is 0 Å². The molecule has 1 aliphatic rings. The molecule has 0 aromatic rings. The summed E-state index contributed by atoms with van der Waals surface area (Å²) in [7, 11) is 0. The molecule has 1 saturated carbocycles. The number of carbonyl (C=O) groups excluding carboxylic acids is 2. The fraction of sp³-hybridized carbons (Fsp3) is 0.769. The van der Waals surface area contributed by atoms with Crippen molar-refractivity contribution in [3.63, 3.8) is 0 Å². The van der Waals surface area contributed by atoms with Gasteiger partial charge in [-0.1, -0.05) is 6.92 Å². The summed E-state index contributed by atoms with van der Waals surface area (Å²) in [5, 5.41) is 14.2. The van der Waals surface area contributed by atoms with Crippen LogP contribution in [0.1, 0.15) is 33.6 Å². The van der Waals surface area contributed by atoms with Crippen molar-refractivity contribution >= 4 is 17.8 Å². The fourth-order valence-electron chi connectivity index (χ4n) is 2.37. The van der Waals surface area contributed by atoms with E-state index in [1.807, 2.05) is 11.8 Å². The normalized spacial score (nSPS) is 22.8. The lowest BCUT2D eigenvalue weighted by atomic mass is 9.85. The summed E-state index contributed by atoms with van der Waals surface area (Å²) < 4.78 is 0. The van der Waals surface area contributed by atoms with Gasteiger partial charge in [0, 0.05) is 19.0 Å². The molecule has 7 heteroatoms. The summed E-state index contributed by atoms with van der Waals surface area (Å²) in [6.45, 7) is 5.64. The lowest BCUT2D eigenvalue weighted by Gasteiger charge is -2.42. The van der Waals surface area contributed by atoms with Crippen LogP contribution in [0.4, 0.5) is 0 Å². The van der Waals surface area contributed by atoms with E-state index in [1.165, 1.54) is 6.92 Å². The van der Waals surface area contributed by atoms with Gasteiger partial charge in [-0.15, -0.1) is 0 Å². The lowest BCUT2D eigenvalue weighted by Crippen LogP contribution is -2.57. The summed E-state index contributed by atoms with van der Waals surface area (Å²) in [5.74, 6) is -1.28. The van der Waals surface area contributed by atoms with Crippen molar-refractivity contribution in [2.75, 3.05) is 13.1 Å². The van der Waals surface area contributed by atoms with Crippen LogP contribution in [0.2, 0.25) is 0 Å². The standard InChI is InChI=1S/C13H23N3O4/c1-4-16(7-12(18)19)11-5-10(6-11)15-13(20)8(2)14-9(3)17/h8,10-11H,4-7H2,1-3H3,(H,14,17)(H,15,20)(H,18,19). The Labute approximate surface area is 118 Å². The van der Waals surface area contributed by atoms with Crippen molar-refractivity contribution < 1.29 is 19.5 Å². The maximum absolute atomic E-state index is 11.8. The highest BCUT2D eigenvalue weighted by atomic mass is 16.4. The van der Waals surface area contributed by atoms with E-state index in [2.05, 4.69) is 10.6 Å². The topological polar surface area (TPSA) is 98.7 Å². The number of hydrogen-bond donors (Lipinski definition) is 3. The van der Waals surface area contributed by atoms with Gasteiger partial charge in [-0.2, -0.15) is 0 Å². The summed E-state index contributed by atoms with van der Waals surface area (Å²) in [6, 6.07) is -0.281. The minimum Gasteiger partial charge on any atom is -0.480 e. The Balaban J connectivity index is 2.32. The number of carboxylic acid groups (broad SMARTS) is 1. The average Bonchev–Trinajstić information content (AvgIpc) is 2.29. The van der Waals surface area contributed by atoms with Gasteiger partial charge in [-0.3, -0.25) is 19.3 Å². The third-order valence-corrected chi connectivity index (χ3v) is 3.53. The molecule has 1 aliphatic carbocycles. The molecule has 0 aromatic carbocycles. The molecule has 20 heavy (non-hydrogen) atoms.